The number of nitrogens with zero attached hydrogens (tertiary/aromatic N) is 1. The number of nitrogens with one attached hydrogen (secondary N) is 3. The first kappa shape index (κ1) is 24.9. The van der Waals surface area contributed by atoms with Gasteiger partial charge in [0.25, 0.3) is 5.91 Å². The molecule has 0 spiro atoms. The molecule has 2 aromatic carbocycles. The predicted octanol–water partition coefficient (Wildman–Crippen LogP) is 5.60. The molecule has 0 radical (unpaired) electrons. The van der Waals surface area contributed by atoms with Crippen LogP contribution in [0.2, 0.25) is 0 Å². The first-order valence-corrected chi connectivity index (χ1v) is 12.4. The second-order valence-electron chi connectivity index (χ2n) is 8.44. The lowest BCUT2D eigenvalue weighted by Crippen LogP contribution is -2.31. The maximum atomic E-state index is 13.3. The van der Waals surface area contributed by atoms with Gasteiger partial charge in [0.15, 0.2) is 0 Å². The van der Waals surface area contributed by atoms with E-state index in [0.29, 0.717) is 33.3 Å². The number of rotatable bonds is 7. The van der Waals surface area contributed by atoms with Gasteiger partial charge in [-0.2, -0.15) is 5.26 Å². The number of allylic oxidation sites excluding steroid dienone is 2. The molecule has 7 nitrogen and oxygen atoms in total. The summed E-state index contributed by atoms with van der Waals surface area (Å²) in [5, 5.41) is 19.6. The Morgan fingerprint density at radius 2 is 1.83 bits per heavy atom. The third-order valence-electron chi connectivity index (χ3n) is 5.76. The van der Waals surface area contributed by atoms with Gasteiger partial charge < -0.3 is 20.4 Å². The molecule has 0 unspecified atom stereocenters. The zero-order valence-electron chi connectivity index (χ0n) is 20.2. The zero-order valence-corrected chi connectivity index (χ0v) is 21.0. The number of benzene rings is 2. The van der Waals surface area contributed by atoms with Crippen LogP contribution in [0.4, 0.5) is 11.4 Å². The van der Waals surface area contributed by atoms with Crippen LogP contribution in [0.15, 0.2) is 93.2 Å². The van der Waals surface area contributed by atoms with E-state index in [0.717, 1.165) is 16.8 Å². The molecular formula is C28H26N4O3S. The molecule has 1 atom stereocenters. The average Bonchev–Trinajstić information content (AvgIpc) is 3.39. The van der Waals surface area contributed by atoms with Crippen LogP contribution >= 0.6 is 11.8 Å². The van der Waals surface area contributed by atoms with Gasteiger partial charge in [0.05, 0.1) is 40.2 Å². The number of amides is 2. The Morgan fingerprint density at radius 3 is 2.50 bits per heavy atom. The summed E-state index contributed by atoms with van der Waals surface area (Å²) in [7, 11) is 0. The quantitative estimate of drug-likeness (QED) is 0.391. The number of nitriles is 1. The number of carbonyl (C=O) groups excluding carboxylic acids is 2. The van der Waals surface area contributed by atoms with Crippen molar-refractivity contribution in [3.8, 4) is 6.07 Å². The van der Waals surface area contributed by atoms with E-state index in [-0.39, 0.29) is 17.6 Å². The Morgan fingerprint density at radius 1 is 1.06 bits per heavy atom. The fourth-order valence-electron chi connectivity index (χ4n) is 4.07. The Bertz CT molecular complexity index is 1390. The molecule has 36 heavy (non-hydrogen) atoms. The zero-order chi connectivity index (χ0) is 25.7. The normalized spacial score (nSPS) is 15.2. The number of furan rings is 1. The van der Waals surface area contributed by atoms with Crippen LogP contribution in [-0.4, -0.2) is 17.6 Å². The lowest BCUT2D eigenvalue weighted by atomic mass is 9.85. The summed E-state index contributed by atoms with van der Waals surface area (Å²) in [6, 6.07) is 20.6. The van der Waals surface area contributed by atoms with Crippen LogP contribution < -0.4 is 16.0 Å². The largest absolute Gasteiger partial charge is 0.468 e. The fourth-order valence-corrected chi connectivity index (χ4v) is 4.96. The van der Waals surface area contributed by atoms with E-state index in [1.54, 1.807) is 31.2 Å². The molecule has 0 saturated heterocycles. The van der Waals surface area contributed by atoms with Crippen molar-refractivity contribution in [3.63, 3.8) is 0 Å². The molecule has 0 fully saturated rings. The fraction of sp³-hybridized carbons (Fsp3) is 0.179. The maximum absolute atomic E-state index is 13.3. The molecule has 1 aliphatic rings. The van der Waals surface area contributed by atoms with Crippen molar-refractivity contribution in [2.45, 2.75) is 26.7 Å². The summed E-state index contributed by atoms with van der Waals surface area (Å²) < 4.78 is 5.64. The van der Waals surface area contributed by atoms with Gasteiger partial charge in [-0.25, -0.2) is 0 Å². The number of hydrogen-bond acceptors (Lipinski definition) is 6. The molecule has 2 heterocycles. The van der Waals surface area contributed by atoms with Gasteiger partial charge in [0.2, 0.25) is 5.91 Å². The minimum atomic E-state index is -0.708. The van der Waals surface area contributed by atoms with Gasteiger partial charge in [-0.05, 0) is 56.7 Å². The van der Waals surface area contributed by atoms with Crippen molar-refractivity contribution in [1.29, 1.82) is 5.26 Å². The SMILES string of the molecule is CC1=C(C(=O)Nc2ccccc2)[C@@H](c2ccco2)C(C#N)=C(SCC(=O)Nc2ccc(C)cc2C)N1. The number of anilines is 2. The van der Waals surface area contributed by atoms with E-state index >= 15 is 0 Å². The second-order valence-corrected chi connectivity index (χ2v) is 9.43. The van der Waals surface area contributed by atoms with E-state index in [1.165, 1.54) is 18.0 Å². The minimum absolute atomic E-state index is 0.0878. The molecule has 1 aromatic heterocycles. The van der Waals surface area contributed by atoms with Crippen LogP contribution in [0.5, 0.6) is 0 Å². The van der Waals surface area contributed by atoms with Crippen molar-refractivity contribution in [2.24, 2.45) is 0 Å². The molecule has 3 N–H and O–H groups in total. The number of carbonyl (C=O) groups is 2. The number of thioether (sulfide) groups is 1. The molecule has 4 rings (SSSR count). The predicted molar refractivity (Wildman–Crippen MR) is 142 cm³/mol. The number of hydrogen-bond donors (Lipinski definition) is 3. The first-order valence-electron chi connectivity index (χ1n) is 11.4. The van der Waals surface area contributed by atoms with E-state index < -0.39 is 5.92 Å². The summed E-state index contributed by atoms with van der Waals surface area (Å²) in [4.78, 5) is 26.0. The number of para-hydroxylation sites is 1. The number of dihydropyridines is 1. The Labute approximate surface area is 214 Å². The molecule has 0 saturated carbocycles. The van der Waals surface area contributed by atoms with E-state index in [9.17, 15) is 14.9 Å². The second kappa shape index (κ2) is 11.0. The van der Waals surface area contributed by atoms with Crippen molar-refractivity contribution >= 4 is 35.0 Å². The Balaban J connectivity index is 1.57. The van der Waals surface area contributed by atoms with Gasteiger partial charge in [-0.3, -0.25) is 9.59 Å². The standard InChI is InChI=1S/C28H26N4O3S/c1-17-11-12-22(18(2)14-17)32-24(33)16-36-28-21(15-29)26(23-10-7-13-35-23)25(19(3)30-28)27(34)31-20-8-5-4-6-9-20/h4-14,26,30H,16H2,1-3H3,(H,31,34)(H,32,33)/t26-/m1/s1. The summed E-state index contributed by atoms with van der Waals surface area (Å²) in [5.41, 5.74) is 4.78. The van der Waals surface area contributed by atoms with Crippen molar-refractivity contribution in [3.05, 3.63) is 106 Å². The van der Waals surface area contributed by atoms with Crippen LogP contribution in [0, 0.1) is 25.2 Å². The Kier molecular flexibility index (Phi) is 7.62. The molecule has 3 aromatic rings. The van der Waals surface area contributed by atoms with Crippen molar-refractivity contribution in [2.75, 3.05) is 16.4 Å². The Hall–Kier alpha value is -4.22. The molecule has 0 aliphatic carbocycles. The summed E-state index contributed by atoms with van der Waals surface area (Å²) in [6.45, 7) is 5.72. The summed E-state index contributed by atoms with van der Waals surface area (Å²) >= 11 is 1.22. The highest BCUT2D eigenvalue weighted by Crippen LogP contribution is 2.41. The number of aryl methyl sites for hydroxylation is 2. The van der Waals surface area contributed by atoms with Crippen molar-refractivity contribution in [1.82, 2.24) is 5.32 Å². The average molecular weight is 499 g/mol. The molecule has 2 amide bonds. The third-order valence-corrected chi connectivity index (χ3v) is 6.77. The van der Waals surface area contributed by atoms with Crippen LogP contribution in [0.3, 0.4) is 0 Å². The summed E-state index contributed by atoms with van der Waals surface area (Å²) in [6.07, 6.45) is 1.51. The van der Waals surface area contributed by atoms with Gasteiger partial charge in [0, 0.05) is 17.1 Å². The first-order chi connectivity index (χ1) is 17.4. The van der Waals surface area contributed by atoms with Crippen LogP contribution in [0.25, 0.3) is 0 Å². The highest BCUT2D eigenvalue weighted by molar-refractivity contribution is 8.03. The molecule has 1 aliphatic heterocycles. The maximum Gasteiger partial charge on any atom is 0.254 e. The third kappa shape index (κ3) is 5.53. The van der Waals surface area contributed by atoms with Crippen molar-refractivity contribution < 1.29 is 14.0 Å². The van der Waals surface area contributed by atoms with Gasteiger partial charge >= 0.3 is 0 Å². The molecule has 8 heteroatoms. The highest BCUT2D eigenvalue weighted by atomic mass is 32.2. The topological polar surface area (TPSA) is 107 Å². The monoisotopic (exact) mass is 498 g/mol. The smallest absolute Gasteiger partial charge is 0.254 e. The highest BCUT2D eigenvalue weighted by Gasteiger charge is 2.36. The summed E-state index contributed by atoms with van der Waals surface area (Å²) in [5.74, 6) is -0.674. The van der Waals surface area contributed by atoms with E-state index in [4.69, 9.17) is 4.42 Å². The van der Waals surface area contributed by atoms with E-state index in [2.05, 4.69) is 22.0 Å². The molecule has 182 valence electrons. The van der Waals surface area contributed by atoms with E-state index in [1.807, 2.05) is 50.2 Å². The van der Waals surface area contributed by atoms with Gasteiger partial charge in [-0.15, -0.1) is 0 Å². The lowest BCUT2D eigenvalue weighted by Gasteiger charge is -2.28. The van der Waals surface area contributed by atoms with Crippen LogP contribution in [-0.2, 0) is 9.59 Å². The van der Waals surface area contributed by atoms with Crippen LogP contribution in [0.1, 0.15) is 29.7 Å². The lowest BCUT2D eigenvalue weighted by molar-refractivity contribution is -0.114. The minimum Gasteiger partial charge on any atom is -0.468 e. The molecule has 0 bridgehead atoms. The van der Waals surface area contributed by atoms with Gasteiger partial charge in [0.1, 0.15) is 5.76 Å². The van der Waals surface area contributed by atoms with Gasteiger partial charge in [-0.1, -0.05) is 47.7 Å². The molecular weight excluding hydrogens is 472 g/mol.